The minimum absolute atomic E-state index is 0.0354. The molecule has 1 N–H and O–H groups in total. The van der Waals surface area contributed by atoms with Crippen LogP contribution >= 0.6 is 11.3 Å². The largest absolute Gasteiger partial charge is 0.497 e. The van der Waals surface area contributed by atoms with E-state index in [1.807, 2.05) is 6.07 Å². The number of methoxy groups -OCH3 is 1. The molecule has 12 heteroatoms. The van der Waals surface area contributed by atoms with Gasteiger partial charge in [-0.1, -0.05) is 17.4 Å². The number of ether oxygens (including phenoxy) is 1. The highest BCUT2D eigenvalue weighted by molar-refractivity contribution is 7.89. The Labute approximate surface area is 192 Å². The van der Waals surface area contributed by atoms with Crippen molar-refractivity contribution >= 4 is 42.6 Å². The third kappa shape index (κ3) is 4.97. The van der Waals surface area contributed by atoms with E-state index in [9.17, 15) is 26.4 Å². The molecule has 0 saturated carbocycles. The molecule has 3 aromatic rings. The molecule has 0 aliphatic carbocycles. The number of nitrogens with zero attached hydrogens (tertiary/aromatic N) is 2. The van der Waals surface area contributed by atoms with Crippen molar-refractivity contribution < 1.29 is 31.1 Å². The fourth-order valence-corrected chi connectivity index (χ4v) is 6.05. The van der Waals surface area contributed by atoms with Crippen molar-refractivity contribution in [2.24, 2.45) is 5.92 Å². The second kappa shape index (κ2) is 8.92. The summed E-state index contributed by atoms with van der Waals surface area (Å²) in [6.07, 6.45) is -4.13. The Bertz CT molecular complexity index is 1280. The van der Waals surface area contributed by atoms with Gasteiger partial charge in [-0.3, -0.25) is 4.79 Å². The normalized spacial score (nSPS) is 16.1. The summed E-state index contributed by atoms with van der Waals surface area (Å²) in [5.41, 5.74) is -0.301. The van der Waals surface area contributed by atoms with Crippen LogP contribution in [0.5, 0.6) is 5.75 Å². The summed E-state index contributed by atoms with van der Waals surface area (Å²) >= 11 is 1.30. The molecule has 1 saturated heterocycles. The summed E-state index contributed by atoms with van der Waals surface area (Å²) in [4.78, 5) is 16.7. The first-order valence-corrected chi connectivity index (χ1v) is 12.3. The van der Waals surface area contributed by atoms with E-state index >= 15 is 0 Å². The first-order valence-electron chi connectivity index (χ1n) is 10.0. The molecule has 2 aromatic carbocycles. The summed E-state index contributed by atoms with van der Waals surface area (Å²) in [5.74, 6) is -0.0185. The smallest absolute Gasteiger partial charge is 0.416 e. The van der Waals surface area contributed by atoms with E-state index in [1.54, 1.807) is 19.2 Å². The van der Waals surface area contributed by atoms with E-state index < -0.39 is 32.6 Å². The van der Waals surface area contributed by atoms with Crippen LogP contribution in [0.25, 0.3) is 10.2 Å². The summed E-state index contributed by atoms with van der Waals surface area (Å²) in [6.45, 7) is 0.0709. The minimum atomic E-state index is -4.64. The van der Waals surface area contributed by atoms with Crippen LogP contribution in [-0.2, 0) is 21.0 Å². The number of alkyl halides is 3. The molecular formula is C21H20F3N3O4S2. The maximum Gasteiger partial charge on any atom is 0.416 e. The Morgan fingerprint density at radius 2 is 1.91 bits per heavy atom. The van der Waals surface area contributed by atoms with Crippen LogP contribution in [0, 0.1) is 5.92 Å². The second-order valence-corrected chi connectivity index (χ2v) is 10.5. The van der Waals surface area contributed by atoms with Crippen LogP contribution < -0.4 is 10.1 Å². The number of piperidine rings is 1. The highest BCUT2D eigenvalue weighted by Gasteiger charge is 2.35. The average Bonchev–Trinajstić information content (AvgIpc) is 3.20. The standard InChI is InChI=1S/C21H20F3N3O4S2/c1-31-15-5-6-17-18(12-15)32-20(25-17)26-19(28)13-7-9-27(10-8-13)33(29,30)16-4-2-3-14(11-16)21(22,23)24/h2-6,11-13H,7-10H2,1H3,(H,25,26,28). The molecule has 0 unspecified atom stereocenters. The molecule has 0 radical (unpaired) electrons. The number of carbonyl (C=O) groups is 1. The zero-order valence-electron chi connectivity index (χ0n) is 17.4. The van der Waals surface area contributed by atoms with Crippen molar-refractivity contribution in [2.75, 3.05) is 25.5 Å². The van der Waals surface area contributed by atoms with Gasteiger partial charge in [0.15, 0.2) is 5.13 Å². The number of rotatable bonds is 5. The number of carbonyl (C=O) groups excluding carboxylic acids is 1. The monoisotopic (exact) mass is 499 g/mol. The zero-order chi connectivity index (χ0) is 23.8. The van der Waals surface area contributed by atoms with Crippen LogP contribution in [0.1, 0.15) is 18.4 Å². The first-order chi connectivity index (χ1) is 15.6. The van der Waals surface area contributed by atoms with Crippen LogP contribution in [0.2, 0.25) is 0 Å². The topological polar surface area (TPSA) is 88.6 Å². The van der Waals surface area contributed by atoms with Crippen molar-refractivity contribution in [1.82, 2.24) is 9.29 Å². The molecule has 0 bridgehead atoms. The molecule has 7 nitrogen and oxygen atoms in total. The van der Waals surface area contributed by atoms with Crippen molar-refractivity contribution in [3.05, 3.63) is 48.0 Å². The van der Waals surface area contributed by atoms with Crippen molar-refractivity contribution in [3.8, 4) is 5.75 Å². The fourth-order valence-electron chi connectivity index (χ4n) is 3.63. The third-order valence-corrected chi connectivity index (χ3v) is 8.28. The van der Waals surface area contributed by atoms with E-state index in [0.29, 0.717) is 16.9 Å². The predicted octanol–water partition coefficient (Wildman–Crippen LogP) is 4.36. The zero-order valence-corrected chi connectivity index (χ0v) is 19.1. The van der Waals surface area contributed by atoms with Gasteiger partial charge < -0.3 is 10.1 Å². The molecule has 0 spiro atoms. The SMILES string of the molecule is COc1ccc2nc(NC(=O)C3CCN(S(=O)(=O)c4cccc(C(F)(F)F)c4)CC3)sc2c1. The van der Waals surface area contributed by atoms with Gasteiger partial charge >= 0.3 is 6.18 Å². The summed E-state index contributed by atoms with van der Waals surface area (Å²) < 4.78 is 71.7. The van der Waals surface area contributed by atoms with E-state index in [2.05, 4.69) is 10.3 Å². The summed E-state index contributed by atoms with van der Waals surface area (Å²) in [6, 6.07) is 9.06. The Morgan fingerprint density at radius 3 is 2.58 bits per heavy atom. The molecule has 1 aliphatic rings. The molecule has 0 atom stereocenters. The van der Waals surface area contributed by atoms with Crippen molar-refractivity contribution in [2.45, 2.75) is 23.9 Å². The lowest BCUT2D eigenvalue weighted by Crippen LogP contribution is -2.41. The van der Waals surface area contributed by atoms with E-state index in [0.717, 1.165) is 32.7 Å². The van der Waals surface area contributed by atoms with Gasteiger partial charge in [-0.05, 0) is 49.2 Å². The fraction of sp³-hybridized carbons (Fsp3) is 0.333. The Balaban J connectivity index is 1.40. The van der Waals surface area contributed by atoms with Crippen molar-refractivity contribution in [1.29, 1.82) is 0 Å². The van der Waals surface area contributed by atoms with Gasteiger partial charge in [0.1, 0.15) is 5.75 Å². The lowest BCUT2D eigenvalue weighted by Gasteiger charge is -2.30. The summed E-state index contributed by atoms with van der Waals surface area (Å²) in [7, 11) is -2.54. The van der Waals surface area contributed by atoms with Gasteiger partial charge in [0.05, 0.1) is 27.8 Å². The number of anilines is 1. The van der Waals surface area contributed by atoms with Gasteiger partial charge in [0, 0.05) is 19.0 Å². The average molecular weight is 500 g/mol. The number of amides is 1. The minimum Gasteiger partial charge on any atom is -0.497 e. The maximum atomic E-state index is 13.0. The Kier molecular flexibility index (Phi) is 6.34. The van der Waals surface area contributed by atoms with E-state index in [-0.39, 0.29) is 31.8 Å². The van der Waals surface area contributed by atoms with Crippen LogP contribution in [0.3, 0.4) is 0 Å². The maximum absolute atomic E-state index is 13.0. The quantitative estimate of drug-likeness (QED) is 0.564. The second-order valence-electron chi connectivity index (χ2n) is 7.55. The van der Waals surface area contributed by atoms with Gasteiger partial charge in [-0.25, -0.2) is 13.4 Å². The lowest BCUT2D eigenvalue weighted by molar-refractivity contribution is -0.137. The molecule has 4 rings (SSSR count). The molecule has 176 valence electrons. The number of nitrogens with one attached hydrogen (secondary N) is 1. The summed E-state index contributed by atoms with van der Waals surface area (Å²) in [5, 5.41) is 3.22. The van der Waals surface area contributed by atoms with E-state index in [4.69, 9.17) is 4.74 Å². The van der Waals surface area contributed by atoms with Crippen LogP contribution in [-0.4, -0.2) is 43.8 Å². The number of hydrogen-bond donors (Lipinski definition) is 1. The number of halogens is 3. The third-order valence-electron chi connectivity index (χ3n) is 5.45. The number of benzene rings is 2. The predicted molar refractivity (Wildman–Crippen MR) is 118 cm³/mol. The first kappa shape index (κ1) is 23.5. The molecule has 1 aromatic heterocycles. The van der Waals surface area contributed by atoms with E-state index in [1.165, 1.54) is 11.3 Å². The Morgan fingerprint density at radius 1 is 1.18 bits per heavy atom. The molecule has 2 heterocycles. The number of thiazole rings is 1. The number of fused-ring (bicyclic) bond motifs is 1. The lowest BCUT2D eigenvalue weighted by atomic mass is 9.97. The molecule has 1 fully saturated rings. The highest BCUT2D eigenvalue weighted by Crippen LogP contribution is 2.33. The number of aromatic nitrogens is 1. The highest BCUT2D eigenvalue weighted by atomic mass is 32.2. The molecule has 1 amide bonds. The molecule has 1 aliphatic heterocycles. The molecule has 33 heavy (non-hydrogen) atoms. The number of hydrogen-bond acceptors (Lipinski definition) is 6. The van der Waals surface area contributed by atoms with Gasteiger partial charge in [-0.2, -0.15) is 17.5 Å². The van der Waals surface area contributed by atoms with Gasteiger partial charge in [-0.15, -0.1) is 0 Å². The van der Waals surface area contributed by atoms with Crippen molar-refractivity contribution in [3.63, 3.8) is 0 Å². The van der Waals surface area contributed by atoms with Crippen LogP contribution in [0.15, 0.2) is 47.4 Å². The van der Waals surface area contributed by atoms with Gasteiger partial charge in [0.2, 0.25) is 15.9 Å². The van der Waals surface area contributed by atoms with Crippen LogP contribution in [0.4, 0.5) is 18.3 Å². The van der Waals surface area contributed by atoms with Gasteiger partial charge in [0.25, 0.3) is 0 Å². The Hall–Kier alpha value is -2.70. The number of sulfonamides is 1. The molecular weight excluding hydrogens is 479 g/mol.